The molecular weight excluding hydrogens is 214 g/mol. The second-order valence-corrected chi connectivity index (χ2v) is 4.81. The van der Waals surface area contributed by atoms with E-state index in [9.17, 15) is 14.7 Å². The molecule has 0 spiro atoms. The Labute approximate surface area is 94.6 Å². The lowest BCUT2D eigenvalue weighted by atomic mass is 9.96. The molecule has 0 aromatic heterocycles. The van der Waals surface area contributed by atoms with Crippen molar-refractivity contribution in [3.05, 3.63) is 0 Å². The standard InChI is InChI=1S/C10H19NO5/c1-6(12)10(5,7(13)14)11-8(15)16-9(2,3)4/h6,12H,1-5H3,(H,11,15)(H,13,14). The number of alkyl carbamates (subject to hydrolysis) is 1. The first kappa shape index (κ1) is 14.7. The van der Waals surface area contributed by atoms with Crippen LogP contribution in [0.25, 0.3) is 0 Å². The first-order chi connectivity index (χ1) is 6.99. The molecule has 0 fully saturated rings. The predicted molar refractivity (Wildman–Crippen MR) is 57.1 cm³/mol. The van der Waals surface area contributed by atoms with Gasteiger partial charge in [-0.15, -0.1) is 0 Å². The van der Waals surface area contributed by atoms with Crippen LogP contribution in [0.15, 0.2) is 0 Å². The average molecular weight is 233 g/mol. The Morgan fingerprint density at radius 3 is 1.94 bits per heavy atom. The van der Waals surface area contributed by atoms with Crippen molar-refractivity contribution in [3.63, 3.8) is 0 Å². The molecule has 6 nitrogen and oxygen atoms in total. The summed E-state index contributed by atoms with van der Waals surface area (Å²) in [6.07, 6.45) is -2.11. The normalized spacial score (nSPS) is 17.1. The maximum atomic E-state index is 11.4. The molecule has 2 unspecified atom stereocenters. The second-order valence-electron chi connectivity index (χ2n) is 4.81. The zero-order chi connectivity index (χ0) is 13.1. The smallest absolute Gasteiger partial charge is 0.408 e. The highest BCUT2D eigenvalue weighted by Crippen LogP contribution is 2.13. The summed E-state index contributed by atoms with van der Waals surface area (Å²) < 4.78 is 4.91. The molecule has 0 rings (SSSR count). The van der Waals surface area contributed by atoms with Crippen LogP contribution in [0.5, 0.6) is 0 Å². The number of hydrogen-bond donors (Lipinski definition) is 3. The number of carboxylic acids is 1. The van der Waals surface area contributed by atoms with Crippen LogP contribution in [0, 0.1) is 0 Å². The summed E-state index contributed by atoms with van der Waals surface area (Å²) in [5, 5.41) is 20.4. The quantitative estimate of drug-likeness (QED) is 0.668. The third kappa shape index (κ3) is 4.06. The van der Waals surface area contributed by atoms with Crippen LogP contribution in [-0.4, -0.2) is 39.5 Å². The van der Waals surface area contributed by atoms with Gasteiger partial charge in [0, 0.05) is 0 Å². The zero-order valence-electron chi connectivity index (χ0n) is 10.2. The van der Waals surface area contributed by atoms with Gasteiger partial charge in [-0.25, -0.2) is 9.59 Å². The van der Waals surface area contributed by atoms with Gasteiger partial charge in [-0.1, -0.05) is 0 Å². The number of aliphatic hydroxyl groups is 1. The molecule has 0 aromatic carbocycles. The number of amides is 1. The predicted octanol–water partition coefficient (Wildman–Crippen LogP) is 0.735. The van der Waals surface area contributed by atoms with E-state index < -0.39 is 29.3 Å². The van der Waals surface area contributed by atoms with Gasteiger partial charge in [0.15, 0.2) is 5.54 Å². The number of rotatable bonds is 3. The highest BCUT2D eigenvalue weighted by atomic mass is 16.6. The Balaban J connectivity index is 4.68. The largest absolute Gasteiger partial charge is 0.479 e. The van der Waals surface area contributed by atoms with Crippen LogP contribution >= 0.6 is 0 Å². The van der Waals surface area contributed by atoms with E-state index in [0.29, 0.717) is 0 Å². The fraction of sp³-hybridized carbons (Fsp3) is 0.800. The Kier molecular flexibility index (Phi) is 4.31. The van der Waals surface area contributed by atoms with Crippen molar-refractivity contribution in [3.8, 4) is 0 Å². The Morgan fingerprint density at radius 1 is 1.25 bits per heavy atom. The lowest BCUT2D eigenvalue weighted by Crippen LogP contribution is -2.59. The van der Waals surface area contributed by atoms with Gasteiger partial charge < -0.3 is 20.3 Å². The fourth-order valence-corrected chi connectivity index (χ4v) is 0.852. The summed E-state index contributed by atoms with van der Waals surface area (Å²) >= 11 is 0. The maximum absolute atomic E-state index is 11.4. The minimum atomic E-state index is -1.76. The number of nitrogens with one attached hydrogen (secondary N) is 1. The highest BCUT2D eigenvalue weighted by Gasteiger charge is 2.41. The molecule has 0 aliphatic heterocycles. The van der Waals surface area contributed by atoms with Crippen LogP contribution in [0.4, 0.5) is 4.79 Å². The van der Waals surface area contributed by atoms with E-state index in [1.807, 2.05) is 0 Å². The highest BCUT2D eigenvalue weighted by molar-refractivity contribution is 5.84. The molecule has 0 saturated carbocycles. The molecule has 0 radical (unpaired) electrons. The monoisotopic (exact) mass is 233 g/mol. The fourth-order valence-electron chi connectivity index (χ4n) is 0.852. The van der Waals surface area contributed by atoms with Crippen molar-refractivity contribution >= 4 is 12.1 Å². The van der Waals surface area contributed by atoms with Gasteiger partial charge in [0.25, 0.3) is 0 Å². The minimum Gasteiger partial charge on any atom is -0.479 e. The minimum absolute atomic E-state index is 0.720. The number of carboxylic acid groups (broad SMARTS) is 1. The van der Waals surface area contributed by atoms with E-state index in [-0.39, 0.29) is 0 Å². The summed E-state index contributed by atoms with van der Waals surface area (Å²) in [6, 6.07) is 0. The van der Waals surface area contributed by atoms with Gasteiger partial charge in [-0.3, -0.25) is 0 Å². The van der Waals surface area contributed by atoms with Crippen molar-refractivity contribution in [2.24, 2.45) is 0 Å². The second kappa shape index (κ2) is 4.69. The van der Waals surface area contributed by atoms with Gasteiger partial charge in [0.2, 0.25) is 0 Å². The van der Waals surface area contributed by atoms with E-state index in [2.05, 4.69) is 5.32 Å². The Morgan fingerprint density at radius 2 is 1.69 bits per heavy atom. The molecule has 0 aliphatic rings. The number of carbonyl (C=O) groups excluding carboxylic acids is 1. The third-order valence-electron chi connectivity index (χ3n) is 2.04. The zero-order valence-corrected chi connectivity index (χ0v) is 10.2. The Bertz CT molecular complexity index is 281. The molecule has 16 heavy (non-hydrogen) atoms. The summed E-state index contributed by atoms with van der Waals surface area (Å²) in [7, 11) is 0. The van der Waals surface area contributed by atoms with Crippen molar-refractivity contribution in [2.75, 3.05) is 0 Å². The van der Waals surface area contributed by atoms with Crippen LogP contribution in [-0.2, 0) is 9.53 Å². The molecule has 0 saturated heterocycles. The van der Waals surface area contributed by atoms with Crippen molar-refractivity contribution < 1.29 is 24.5 Å². The molecule has 94 valence electrons. The summed E-state index contributed by atoms with van der Waals surface area (Å²) in [4.78, 5) is 22.3. The number of aliphatic hydroxyl groups excluding tert-OH is 1. The SMILES string of the molecule is CC(O)C(C)(NC(=O)OC(C)(C)C)C(=O)O. The molecule has 0 bridgehead atoms. The number of carbonyl (C=O) groups is 2. The van der Waals surface area contributed by atoms with E-state index >= 15 is 0 Å². The molecular formula is C10H19NO5. The van der Waals surface area contributed by atoms with Crippen molar-refractivity contribution in [1.82, 2.24) is 5.32 Å². The lowest BCUT2D eigenvalue weighted by molar-refractivity contribution is -0.148. The van der Waals surface area contributed by atoms with Gasteiger partial charge in [-0.05, 0) is 34.6 Å². The summed E-state index contributed by atoms with van der Waals surface area (Å²) in [6.45, 7) is 7.47. The van der Waals surface area contributed by atoms with Crippen LogP contribution < -0.4 is 5.32 Å². The Hall–Kier alpha value is -1.30. The van der Waals surface area contributed by atoms with E-state index in [4.69, 9.17) is 9.84 Å². The molecule has 2 atom stereocenters. The van der Waals surface area contributed by atoms with E-state index in [0.717, 1.165) is 0 Å². The van der Waals surface area contributed by atoms with E-state index in [1.165, 1.54) is 13.8 Å². The first-order valence-corrected chi connectivity index (χ1v) is 4.91. The van der Waals surface area contributed by atoms with Crippen molar-refractivity contribution in [2.45, 2.75) is 51.9 Å². The maximum Gasteiger partial charge on any atom is 0.408 e. The molecule has 3 N–H and O–H groups in total. The first-order valence-electron chi connectivity index (χ1n) is 4.91. The summed E-state index contributed by atoms with van der Waals surface area (Å²) in [5.74, 6) is -1.33. The molecule has 6 heteroatoms. The van der Waals surface area contributed by atoms with Crippen LogP contribution in [0.2, 0.25) is 0 Å². The van der Waals surface area contributed by atoms with Crippen LogP contribution in [0.3, 0.4) is 0 Å². The number of ether oxygens (including phenoxy) is 1. The molecule has 1 amide bonds. The van der Waals surface area contributed by atoms with Crippen molar-refractivity contribution in [1.29, 1.82) is 0 Å². The third-order valence-corrected chi connectivity index (χ3v) is 2.04. The van der Waals surface area contributed by atoms with Gasteiger partial charge in [0.05, 0.1) is 6.10 Å². The number of aliphatic carboxylic acids is 1. The van der Waals surface area contributed by atoms with E-state index in [1.54, 1.807) is 20.8 Å². The molecule has 0 aliphatic carbocycles. The lowest BCUT2D eigenvalue weighted by Gasteiger charge is -2.30. The van der Waals surface area contributed by atoms with Crippen LogP contribution in [0.1, 0.15) is 34.6 Å². The van der Waals surface area contributed by atoms with Gasteiger partial charge >= 0.3 is 12.1 Å². The van der Waals surface area contributed by atoms with Gasteiger partial charge in [-0.2, -0.15) is 0 Å². The van der Waals surface area contributed by atoms with Gasteiger partial charge in [0.1, 0.15) is 5.60 Å². The number of hydrogen-bond acceptors (Lipinski definition) is 4. The summed E-state index contributed by atoms with van der Waals surface area (Å²) in [5.41, 5.74) is -2.48. The average Bonchev–Trinajstić information content (AvgIpc) is 1.98. The molecule has 0 aromatic rings. The molecule has 0 heterocycles. The topological polar surface area (TPSA) is 95.9 Å².